The molecule has 0 radical (unpaired) electrons. The number of carbonyl (C=O) groups is 2. The highest BCUT2D eigenvalue weighted by molar-refractivity contribution is 6.30. The first-order chi connectivity index (χ1) is 14.7. The minimum atomic E-state index is -0.594. The molecule has 2 bridgehead atoms. The fourth-order valence-corrected chi connectivity index (χ4v) is 4.66. The van der Waals surface area contributed by atoms with Gasteiger partial charge in [0.05, 0.1) is 5.02 Å². The largest absolute Gasteiger partial charge is 0.484 e. The van der Waals surface area contributed by atoms with Crippen molar-refractivity contribution in [3.05, 3.63) is 64.4 Å². The van der Waals surface area contributed by atoms with Gasteiger partial charge in [-0.15, -0.1) is 0 Å². The number of hydrogen-bond donors (Lipinski definition) is 2. The van der Waals surface area contributed by atoms with Gasteiger partial charge in [-0.05, 0) is 63.2 Å². The molecule has 2 N–H and O–H groups in total. The lowest BCUT2D eigenvalue weighted by atomic mass is 9.44. The van der Waals surface area contributed by atoms with Crippen LogP contribution < -0.4 is 15.4 Å². The van der Waals surface area contributed by atoms with Gasteiger partial charge in [0.15, 0.2) is 6.61 Å². The molecule has 0 saturated heterocycles. The van der Waals surface area contributed by atoms with E-state index in [0.717, 1.165) is 18.2 Å². The Hall–Kier alpha value is -2.64. The van der Waals surface area contributed by atoms with Crippen molar-refractivity contribution in [3.8, 4) is 5.75 Å². The number of amides is 2. The van der Waals surface area contributed by atoms with E-state index in [0.29, 0.717) is 24.8 Å². The van der Waals surface area contributed by atoms with Crippen molar-refractivity contribution >= 4 is 23.4 Å². The minimum absolute atomic E-state index is 0.00233. The molecule has 0 heterocycles. The van der Waals surface area contributed by atoms with Crippen LogP contribution in [-0.4, -0.2) is 48.5 Å². The Morgan fingerprint density at radius 1 is 1.06 bits per heavy atom. The number of benzene rings is 2. The lowest BCUT2D eigenvalue weighted by Crippen LogP contribution is -2.84. The van der Waals surface area contributed by atoms with Gasteiger partial charge in [-0.25, -0.2) is 4.39 Å². The molecule has 6 nitrogen and oxygen atoms in total. The average molecular weight is 446 g/mol. The molecule has 31 heavy (non-hydrogen) atoms. The minimum Gasteiger partial charge on any atom is -0.484 e. The number of carbonyl (C=O) groups excluding carboxylic acids is 2. The molecule has 164 valence electrons. The van der Waals surface area contributed by atoms with Crippen LogP contribution in [0.1, 0.15) is 35.2 Å². The van der Waals surface area contributed by atoms with Gasteiger partial charge in [0.2, 0.25) is 0 Å². The molecule has 2 amide bonds. The maximum absolute atomic E-state index is 13.4. The van der Waals surface area contributed by atoms with Crippen molar-refractivity contribution in [2.24, 2.45) is 0 Å². The summed E-state index contributed by atoms with van der Waals surface area (Å²) in [5.41, 5.74) is 1.26. The maximum atomic E-state index is 13.4. The summed E-state index contributed by atoms with van der Waals surface area (Å²) in [5, 5.41) is 6.10. The van der Waals surface area contributed by atoms with Gasteiger partial charge in [0.25, 0.3) is 11.8 Å². The summed E-state index contributed by atoms with van der Waals surface area (Å²) in [6.45, 7) is 0.617. The number of rotatable bonds is 8. The first kappa shape index (κ1) is 21.6. The molecule has 3 aliphatic rings. The summed E-state index contributed by atoms with van der Waals surface area (Å²) in [4.78, 5) is 26.9. The van der Waals surface area contributed by atoms with Crippen molar-refractivity contribution in [1.82, 2.24) is 15.5 Å². The second kappa shape index (κ2) is 8.13. The van der Waals surface area contributed by atoms with Gasteiger partial charge >= 0.3 is 0 Å². The van der Waals surface area contributed by atoms with E-state index in [2.05, 4.69) is 15.5 Å². The molecule has 0 unspecified atom stereocenters. The molecule has 0 aliphatic heterocycles. The summed E-state index contributed by atoms with van der Waals surface area (Å²) >= 11 is 5.63. The summed E-state index contributed by atoms with van der Waals surface area (Å²) in [7, 11) is 4.00. The summed E-state index contributed by atoms with van der Waals surface area (Å²) < 4.78 is 18.8. The zero-order chi connectivity index (χ0) is 22.2. The number of nitrogens with one attached hydrogen (secondary N) is 2. The van der Waals surface area contributed by atoms with Crippen LogP contribution in [0.5, 0.6) is 5.75 Å². The second-order valence-corrected chi connectivity index (χ2v) is 9.30. The zero-order valence-corrected chi connectivity index (χ0v) is 18.3. The molecule has 3 saturated carbocycles. The van der Waals surface area contributed by atoms with Gasteiger partial charge in [0, 0.05) is 29.3 Å². The Morgan fingerprint density at radius 3 is 2.32 bits per heavy atom. The van der Waals surface area contributed by atoms with E-state index in [1.54, 1.807) is 0 Å². The Labute approximate surface area is 185 Å². The molecule has 2 aromatic carbocycles. The third kappa shape index (κ3) is 4.67. The topological polar surface area (TPSA) is 70.7 Å². The van der Waals surface area contributed by atoms with Crippen molar-refractivity contribution in [3.63, 3.8) is 0 Å². The average Bonchev–Trinajstić information content (AvgIpc) is 2.66. The lowest BCUT2D eigenvalue weighted by Gasteiger charge is -2.70. The van der Waals surface area contributed by atoms with Crippen molar-refractivity contribution < 1.29 is 18.7 Å². The number of hydrogen-bond acceptors (Lipinski definition) is 4. The molecule has 0 spiro atoms. The van der Waals surface area contributed by atoms with Crippen LogP contribution >= 0.6 is 11.6 Å². The highest BCUT2D eigenvalue weighted by Gasteiger charge is 2.69. The highest BCUT2D eigenvalue weighted by Crippen LogP contribution is 2.60. The van der Waals surface area contributed by atoms with Gasteiger partial charge in [-0.1, -0.05) is 23.7 Å². The van der Waals surface area contributed by atoms with Crippen LogP contribution in [0.3, 0.4) is 0 Å². The quantitative estimate of drug-likeness (QED) is 0.655. The molecule has 3 aliphatic carbocycles. The first-order valence-electron chi connectivity index (χ1n) is 10.1. The van der Waals surface area contributed by atoms with E-state index in [1.807, 2.05) is 38.4 Å². The molecule has 2 aromatic rings. The summed E-state index contributed by atoms with van der Waals surface area (Å²) in [6.07, 6.45) is 2.10. The second-order valence-electron chi connectivity index (χ2n) is 8.89. The predicted molar refractivity (Wildman–Crippen MR) is 116 cm³/mol. The maximum Gasteiger partial charge on any atom is 0.258 e. The molecule has 5 rings (SSSR count). The number of nitrogens with zero attached hydrogens (tertiary/aromatic N) is 1. The summed E-state index contributed by atoms with van der Waals surface area (Å²) in [5.74, 6) is -0.713. The normalized spacial score (nSPS) is 23.5. The Balaban J connectivity index is 1.22. The van der Waals surface area contributed by atoms with Crippen molar-refractivity contribution in [2.45, 2.75) is 36.9 Å². The molecule has 0 aromatic heterocycles. The lowest BCUT2D eigenvalue weighted by molar-refractivity contribution is -0.141. The number of ether oxygens (including phenoxy) is 1. The fourth-order valence-electron chi connectivity index (χ4n) is 4.54. The van der Waals surface area contributed by atoms with Crippen LogP contribution in [0.25, 0.3) is 0 Å². The van der Waals surface area contributed by atoms with Gasteiger partial charge in [-0.3, -0.25) is 9.59 Å². The first-order valence-corrected chi connectivity index (χ1v) is 10.5. The van der Waals surface area contributed by atoms with Crippen LogP contribution in [0.2, 0.25) is 5.02 Å². The standard InChI is InChI=1S/C23H25ClFN3O3/c1-28(2)10-15-3-5-16(6-4-15)21(30)27-23-12-22(13-23,14-23)26-20(29)11-31-17-7-8-18(24)19(25)9-17/h3-9H,10-14H2,1-2H3,(H,26,29)(H,27,30). The van der Waals surface area contributed by atoms with Gasteiger partial charge < -0.3 is 20.3 Å². The van der Waals surface area contributed by atoms with E-state index in [4.69, 9.17) is 16.3 Å². The van der Waals surface area contributed by atoms with E-state index in [1.165, 1.54) is 12.1 Å². The fraction of sp³-hybridized carbons (Fsp3) is 0.391. The van der Waals surface area contributed by atoms with E-state index < -0.39 is 5.82 Å². The molecular weight excluding hydrogens is 421 g/mol. The third-order valence-electron chi connectivity index (χ3n) is 5.79. The number of halogens is 2. The van der Waals surface area contributed by atoms with Crippen molar-refractivity contribution in [1.29, 1.82) is 0 Å². The van der Waals surface area contributed by atoms with Crippen LogP contribution in [0, 0.1) is 5.82 Å². The Bertz CT molecular complexity index is 990. The van der Waals surface area contributed by atoms with E-state index in [9.17, 15) is 14.0 Å². The Morgan fingerprint density at radius 2 is 1.71 bits per heavy atom. The predicted octanol–water partition coefficient (Wildman–Crippen LogP) is 3.14. The van der Waals surface area contributed by atoms with Crippen molar-refractivity contribution in [2.75, 3.05) is 20.7 Å². The van der Waals surface area contributed by atoms with Crippen LogP contribution in [0.15, 0.2) is 42.5 Å². The molecular formula is C23H25ClFN3O3. The zero-order valence-electron chi connectivity index (χ0n) is 17.5. The summed E-state index contributed by atoms with van der Waals surface area (Å²) in [6, 6.07) is 11.7. The molecule has 8 heteroatoms. The third-order valence-corrected chi connectivity index (χ3v) is 6.10. The SMILES string of the molecule is CN(C)Cc1ccc(C(=O)NC23CC(NC(=O)COc4ccc(Cl)c(F)c4)(C2)C3)cc1. The molecule has 3 fully saturated rings. The van der Waals surface area contributed by atoms with E-state index in [-0.39, 0.29) is 40.3 Å². The van der Waals surface area contributed by atoms with Crippen LogP contribution in [-0.2, 0) is 11.3 Å². The monoisotopic (exact) mass is 445 g/mol. The molecule has 0 atom stereocenters. The Kier molecular flexibility index (Phi) is 5.66. The van der Waals surface area contributed by atoms with Crippen LogP contribution in [0.4, 0.5) is 4.39 Å². The van der Waals surface area contributed by atoms with Gasteiger partial charge in [0.1, 0.15) is 11.6 Å². The smallest absolute Gasteiger partial charge is 0.258 e. The van der Waals surface area contributed by atoms with Gasteiger partial charge in [-0.2, -0.15) is 0 Å². The van der Waals surface area contributed by atoms with E-state index >= 15 is 0 Å². The highest BCUT2D eigenvalue weighted by atomic mass is 35.5.